The Morgan fingerprint density at radius 3 is 2.95 bits per heavy atom. The lowest BCUT2D eigenvalue weighted by atomic mass is 10.1. The average molecular weight is 267 g/mol. The molecule has 2 heterocycles. The smallest absolute Gasteiger partial charge is 0.136 e. The predicted molar refractivity (Wildman–Crippen MR) is 83.4 cm³/mol. The number of hydrogen-bond acceptors (Lipinski definition) is 3. The third-order valence-corrected chi connectivity index (χ3v) is 4.02. The molecule has 1 aliphatic rings. The van der Waals surface area contributed by atoms with Gasteiger partial charge >= 0.3 is 0 Å². The summed E-state index contributed by atoms with van der Waals surface area (Å²) < 4.78 is 0. The van der Waals surface area contributed by atoms with E-state index >= 15 is 0 Å². The van der Waals surface area contributed by atoms with Gasteiger partial charge in [-0.3, -0.25) is 0 Å². The lowest BCUT2D eigenvalue weighted by Crippen LogP contribution is -2.24. The van der Waals surface area contributed by atoms with E-state index < -0.39 is 0 Å². The molecule has 1 atom stereocenters. The Hall–Kier alpha value is -1.87. The van der Waals surface area contributed by atoms with E-state index in [2.05, 4.69) is 47.1 Å². The Kier molecular flexibility index (Phi) is 3.70. The molecule has 1 aromatic carbocycles. The van der Waals surface area contributed by atoms with Gasteiger partial charge in [0.2, 0.25) is 0 Å². The molecule has 3 rings (SSSR count). The van der Waals surface area contributed by atoms with Gasteiger partial charge in [-0.15, -0.1) is 0 Å². The average Bonchev–Trinajstić information content (AvgIpc) is 2.91. The zero-order valence-electron chi connectivity index (χ0n) is 11.9. The van der Waals surface area contributed by atoms with Crippen LogP contribution in [0.2, 0.25) is 0 Å². The van der Waals surface area contributed by atoms with Crippen molar-refractivity contribution in [1.82, 2.24) is 4.98 Å². The molecule has 0 saturated carbocycles. The minimum absolute atomic E-state index is 0.204. The number of nitrogens with zero attached hydrogens (tertiary/aromatic N) is 2. The first-order chi connectivity index (χ1) is 9.79. The van der Waals surface area contributed by atoms with Gasteiger partial charge in [0, 0.05) is 24.5 Å². The van der Waals surface area contributed by atoms with Gasteiger partial charge in [0.25, 0.3) is 0 Å². The molecule has 1 aromatic heterocycles. The fourth-order valence-electron chi connectivity index (χ4n) is 2.82. The molecule has 1 unspecified atom stereocenters. The first-order valence-electron chi connectivity index (χ1n) is 7.34. The minimum Gasteiger partial charge on any atom is -0.327 e. The normalized spacial score (nSPS) is 15.2. The first kappa shape index (κ1) is 13.1. The molecule has 0 amide bonds. The molecule has 104 valence electrons. The maximum absolute atomic E-state index is 6.12. The Morgan fingerprint density at radius 2 is 2.10 bits per heavy atom. The van der Waals surface area contributed by atoms with Crippen molar-refractivity contribution in [3.8, 4) is 0 Å². The van der Waals surface area contributed by atoms with E-state index in [-0.39, 0.29) is 6.04 Å². The third kappa shape index (κ3) is 2.41. The Labute approximate surface area is 120 Å². The number of anilines is 2. The number of para-hydroxylation sites is 1. The summed E-state index contributed by atoms with van der Waals surface area (Å²) in [5.74, 6) is 1.07. The van der Waals surface area contributed by atoms with Gasteiger partial charge in [0.15, 0.2) is 0 Å². The first-order valence-corrected chi connectivity index (χ1v) is 7.34. The molecule has 0 saturated heterocycles. The molecule has 0 bridgehead atoms. The van der Waals surface area contributed by atoms with Crippen molar-refractivity contribution in [2.75, 3.05) is 11.4 Å². The molecule has 0 radical (unpaired) electrons. The number of nitrogens with two attached hydrogens (primary N) is 1. The van der Waals surface area contributed by atoms with Crippen molar-refractivity contribution in [1.29, 1.82) is 0 Å². The summed E-state index contributed by atoms with van der Waals surface area (Å²) in [6.07, 6.45) is 4.84. The highest BCUT2D eigenvalue weighted by atomic mass is 15.2. The molecule has 20 heavy (non-hydrogen) atoms. The largest absolute Gasteiger partial charge is 0.327 e. The lowest BCUT2D eigenvalue weighted by molar-refractivity contribution is 0.644. The summed E-state index contributed by atoms with van der Waals surface area (Å²) in [4.78, 5) is 6.94. The van der Waals surface area contributed by atoms with E-state index in [1.54, 1.807) is 0 Å². The van der Waals surface area contributed by atoms with Crippen LogP contribution in [-0.4, -0.2) is 17.6 Å². The van der Waals surface area contributed by atoms with Crippen molar-refractivity contribution in [3.63, 3.8) is 0 Å². The van der Waals surface area contributed by atoms with Gasteiger partial charge in [0.05, 0.1) is 0 Å². The highest BCUT2D eigenvalue weighted by Crippen LogP contribution is 2.35. The minimum atomic E-state index is 0.204. The van der Waals surface area contributed by atoms with Crippen LogP contribution in [0.15, 0.2) is 42.6 Å². The Balaban J connectivity index is 1.95. The summed E-state index contributed by atoms with van der Waals surface area (Å²) in [5, 5.41) is 0. The van der Waals surface area contributed by atoms with Gasteiger partial charge < -0.3 is 10.6 Å². The highest BCUT2D eigenvalue weighted by molar-refractivity contribution is 5.69. The fourth-order valence-corrected chi connectivity index (χ4v) is 2.82. The SMILES string of the molecule is CCC(N)Cc1cccnc1N1CCc2ccccc21. The molecule has 0 spiro atoms. The van der Waals surface area contributed by atoms with Crippen LogP contribution in [0.5, 0.6) is 0 Å². The second-order valence-electron chi connectivity index (χ2n) is 5.39. The molecule has 3 nitrogen and oxygen atoms in total. The number of rotatable bonds is 4. The van der Waals surface area contributed by atoms with Crippen molar-refractivity contribution < 1.29 is 0 Å². The summed E-state index contributed by atoms with van der Waals surface area (Å²) in [5.41, 5.74) is 10.1. The van der Waals surface area contributed by atoms with Crippen LogP contribution in [0, 0.1) is 0 Å². The topological polar surface area (TPSA) is 42.1 Å². The summed E-state index contributed by atoms with van der Waals surface area (Å²) in [6, 6.07) is 12.9. The van der Waals surface area contributed by atoms with Gasteiger partial charge in [0.1, 0.15) is 5.82 Å². The van der Waals surface area contributed by atoms with E-state index in [1.807, 2.05) is 12.3 Å². The van der Waals surface area contributed by atoms with Crippen molar-refractivity contribution in [2.45, 2.75) is 32.2 Å². The van der Waals surface area contributed by atoms with Crippen LogP contribution < -0.4 is 10.6 Å². The number of aromatic nitrogens is 1. The third-order valence-electron chi connectivity index (χ3n) is 4.02. The fraction of sp³-hybridized carbons (Fsp3) is 0.353. The Bertz CT molecular complexity index is 594. The van der Waals surface area contributed by atoms with Crippen LogP contribution in [0.25, 0.3) is 0 Å². The standard InChI is InChI=1S/C17H21N3/c1-2-15(18)12-14-7-5-10-19-17(14)20-11-9-13-6-3-4-8-16(13)20/h3-8,10,15H,2,9,11-12,18H2,1H3. The summed E-state index contributed by atoms with van der Waals surface area (Å²) in [7, 11) is 0. The zero-order chi connectivity index (χ0) is 13.9. The molecule has 1 aliphatic heterocycles. The van der Waals surface area contributed by atoms with Crippen molar-refractivity contribution in [3.05, 3.63) is 53.7 Å². The number of pyridine rings is 1. The van der Waals surface area contributed by atoms with Crippen LogP contribution >= 0.6 is 0 Å². The van der Waals surface area contributed by atoms with Gasteiger partial charge in [-0.05, 0) is 42.5 Å². The van der Waals surface area contributed by atoms with E-state index in [4.69, 9.17) is 5.73 Å². The monoisotopic (exact) mass is 267 g/mol. The quantitative estimate of drug-likeness (QED) is 0.925. The lowest BCUT2D eigenvalue weighted by Gasteiger charge is -2.22. The maximum Gasteiger partial charge on any atom is 0.136 e. The number of fused-ring (bicyclic) bond motifs is 1. The molecule has 3 heteroatoms. The van der Waals surface area contributed by atoms with Crippen molar-refractivity contribution in [2.24, 2.45) is 5.73 Å². The second kappa shape index (κ2) is 5.63. The van der Waals surface area contributed by atoms with E-state index in [0.29, 0.717) is 0 Å². The van der Waals surface area contributed by atoms with E-state index in [1.165, 1.54) is 16.8 Å². The molecule has 0 fully saturated rings. The van der Waals surface area contributed by atoms with E-state index in [0.717, 1.165) is 31.6 Å². The van der Waals surface area contributed by atoms with E-state index in [9.17, 15) is 0 Å². The molecule has 0 aliphatic carbocycles. The second-order valence-corrected chi connectivity index (χ2v) is 5.39. The van der Waals surface area contributed by atoms with Gasteiger partial charge in [-0.2, -0.15) is 0 Å². The van der Waals surface area contributed by atoms with Gasteiger partial charge in [-0.25, -0.2) is 4.98 Å². The molecule has 2 N–H and O–H groups in total. The Morgan fingerprint density at radius 1 is 1.25 bits per heavy atom. The number of hydrogen-bond donors (Lipinski definition) is 1. The van der Waals surface area contributed by atoms with Crippen LogP contribution in [-0.2, 0) is 12.8 Å². The van der Waals surface area contributed by atoms with Crippen molar-refractivity contribution >= 4 is 11.5 Å². The summed E-state index contributed by atoms with van der Waals surface area (Å²) in [6.45, 7) is 3.14. The molecule has 2 aromatic rings. The number of benzene rings is 1. The maximum atomic E-state index is 6.12. The van der Waals surface area contributed by atoms with Crippen LogP contribution in [0.1, 0.15) is 24.5 Å². The molecular weight excluding hydrogens is 246 g/mol. The molecular formula is C17H21N3. The van der Waals surface area contributed by atoms with Crippen LogP contribution in [0.3, 0.4) is 0 Å². The predicted octanol–water partition coefficient (Wildman–Crippen LogP) is 3.06. The zero-order valence-corrected chi connectivity index (χ0v) is 11.9. The van der Waals surface area contributed by atoms with Crippen LogP contribution in [0.4, 0.5) is 11.5 Å². The summed E-state index contributed by atoms with van der Waals surface area (Å²) >= 11 is 0. The van der Waals surface area contributed by atoms with Gasteiger partial charge in [-0.1, -0.05) is 31.2 Å². The highest BCUT2D eigenvalue weighted by Gasteiger charge is 2.23.